The fraction of sp³-hybridized carbons (Fsp3) is 0.294. The molecule has 0 aliphatic carbocycles. The zero-order chi connectivity index (χ0) is 30.6. The molecule has 2 aliphatic heterocycles. The normalized spacial score (nSPS) is 15.5. The monoisotopic (exact) mass is 594 g/mol. The number of carbonyl (C=O) groups is 3. The molecule has 10 heteroatoms. The molecule has 0 radical (unpaired) electrons. The van der Waals surface area contributed by atoms with Gasteiger partial charge in [0.15, 0.2) is 5.69 Å². The van der Waals surface area contributed by atoms with Crippen molar-refractivity contribution in [1.82, 2.24) is 9.78 Å². The number of amides is 2. The number of esters is 1. The van der Waals surface area contributed by atoms with Gasteiger partial charge in [-0.2, -0.15) is 5.10 Å². The largest absolute Gasteiger partial charge is 0.497 e. The van der Waals surface area contributed by atoms with Crippen molar-refractivity contribution < 1.29 is 28.6 Å². The van der Waals surface area contributed by atoms with Crippen LogP contribution in [0.3, 0.4) is 0 Å². The van der Waals surface area contributed by atoms with E-state index in [1.54, 1.807) is 48.1 Å². The van der Waals surface area contributed by atoms with E-state index in [9.17, 15) is 14.4 Å². The number of anilines is 2. The van der Waals surface area contributed by atoms with Crippen molar-refractivity contribution in [2.75, 3.05) is 36.6 Å². The molecule has 0 bridgehead atoms. The number of para-hydroxylation sites is 1. The number of piperidine rings is 1. The molecule has 0 saturated carbocycles. The number of nitrogens with zero attached hydrogens (tertiary/aromatic N) is 4. The Kier molecular flexibility index (Phi) is 8.31. The molecule has 226 valence electrons. The number of hydrogen-bond donors (Lipinski definition) is 0. The molecule has 10 nitrogen and oxygen atoms in total. The minimum atomic E-state index is -0.616. The highest BCUT2D eigenvalue weighted by Crippen LogP contribution is 2.31. The highest BCUT2D eigenvalue weighted by Gasteiger charge is 2.36. The van der Waals surface area contributed by atoms with Gasteiger partial charge in [0, 0.05) is 36.4 Å². The van der Waals surface area contributed by atoms with Gasteiger partial charge in [-0.15, -0.1) is 0 Å². The minimum absolute atomic E-state index is 0.106. The van der Waals surface area contributed by atoms with Gasteiger partial charge in [-0.3, -0.25) is 9.59 Å². The Balaban J connectivity index is 1.27. The van der Waals surface area contributed by atoms with Crippen LogP contribution in [-0.4, -0.2) is 60.5 Å². The molecule has 1 atom stereocenters. The molecule has 44 heavy (non-hydrogen) atoms. The molecular weight excluding hydrogens is 560 g/mol. The van der Waals surface area contributed by atoms with Crippen molar-refractivity contribution >= 4 is 29.2 Å². The van der Waals surface area contributed by atoms with Gasteiger partial charge in [0.05, 0.1) is 12.8 Å². The van der Waals surface area contributed by atoms with Gasteiger partial charge in [-0.25, -0.2) is 9.48 Å². The lowest BCUT2D eigenvalue weighted by atomic mass is 10.0. The molecule has 1 unspecified atom stereocenters. The summed E-state index contributed by atoms with van der Waals surface area (Å²) in [6.07, 6.45) is 2.29. The maximum Gasteiger partial charge on any atom is 0.359 e. The number of ether oxygens (including phenoxy) is 3. The second kappa shape index (κ2) is 12.6. The molecule has 0 N–H and O–H groups in total. The van der Waals surface area contributed by atoms with E-state index in [1.165, 1.54) is 4.68 Å². The van der Waals surface area contributed by atoms with Crippen LogP contribution >= 0.6 is 0 Å². The second-order valence-corrected chi connectivity index (χ2v) is 10.9. The summed E-state index contributed by atoms with van der Waals surface area (Å²) < 4.78 is 18.3. The average Bonchev–Trinajstić information content (AvgIpc) is 3.46. The van der Waals surface area contributed by atoms with Gasteiger partial charge in [0.1, 0.15) is 29.9 Å². The number of methoxy groups -OCH3 is 1. The Bertz CT molecular complexity index is 1650. The minimum Gasteiger partial charge on any atom is -0.497 e. The molecule has 2 aliphatic rings. The molecule has 6 rings (SSSR count). The van der Waals surface area contributed by atoms with Crippen molar-refractivity contribution in [3.63, 3.8) is 0 Å². The Labute approximate surface area is 255 Å². The third kappa shape index (κ3) is 5.88. The summed E-state index contributed by atoms with van der Waals surface area (Å²) >= 11 is 0. The molecule has 3 aromatic carbocycles. The van der Waals surface area contributed by atoms with E-state index < -0.39 is 12.1 Å². The molecule has 2 amide bonds. The predicted molar refractivity (Wildman–Crippen MR) is 165 cm³/mol. The number of fused-ring (bicyclic) bond motifs is 1. The van der Waals surface area contributed by atoms with E-state index in [0.29, 0.717) is 60.1 Å². The summed E-state index contributed by atoms with van der Waals surface area (Å²) in [5.41, 5.74) is 3.08. The number of aromatic nitrogens is 2. The van der Waals surface area contributed by atoms with Crippen LogP contribution < -0.4 is 19.3 Å². The predicted octanol–water partition coefficient (Wildman–Crippen LogP) is 5.23. The average molecular weight is 595 g/mol. The summed E-state index contributed by atoms with van der Waals surface area (Å²) in [6, 6.07) is 23.9. The molecular formula is C34H34N4O6. The van der Waals surface area contributed by atoms with E-state index in [4.69, 9.17) is 14.2 Å². The first-order valence-corrected chi connectivity index (χ1v) is 14.8. The Morgan fingerprint density at radius 1 is 0.818 bits per heavy atom. The van der Waals surface area contributed by atoms with Crippen molar-refractivity contribution in [2.45, 2.75) is 38.7 Å². The van der Waals surface area contributed by atoms with Gasteiger partial charge in [0.25, 0.3) is 5.91 Å². The van der Waals surface area contributed by atoms with Gasteiger partial charge in [-0.05, 0) is 86.8 Å². The van der Waals surface area contributed by atoms with E-state index in [2.05, 4.69) is 5.10 Å². The molecule has 1 fully saturated rings. The maximum absolute atomic E-state index is 14.1. The van der Waals surface area contributed by atoms with Gasteiger partial charge in [-0.1, -0.05) is 18.2 Å². The smallest absolute Gasteiger partial charge is 0.359 e. The maximum atomic E-state index is 14.1. The molecule has 1 aromatic heterocycles. The van der Waals surface area contributed by atoms with Crippen LogP contribution in [0.5, 0.6) is 11.5 Å². The topological polar surface area (TPSA) is 103 Å². The van der Waals surface area contributed by atoms with Crippen molar-refractivity contribution in [2.24, 2.45) is 0 Å². The first kappa shape index (κ1) is 29.0. The highest BCUT2D eigenvalue weighted by atomic mass is 16.6. The second-order valence-electron chi connectivity index (χ2n) is 10.9. The van der Waals surface area contributed by atoms with E-state index >= 15 is 0 Å². The number of rotatable bonds is 9. The molecule has 1 saturated heterocycles. The van der Waals surface area contributed by atoms with E-state index in [1.807, 2.05) is 54.6 Å². The van der Waals surface area contributed by atoms with Crippen LogP contribution in [0.15, 0.2) is 78.9 Å². The number of carbonyl (C=O) groups excluding carboxylic acids is 3. The summed E-state index contributed by atoms with van der Waals surface area (Å²) in [5.74, 6) is 0.552. The fourth-order valence-corrected chi connectivity index (χ4v) is 5.57. The number of benzene rings is 3. The van der Waals surface area contributed by atoms with Crippen molar-refractivity contribution in [1.29, 1.82) is 0 Å². The first-order valence-electron chi connectivity index (χ1n) is 14.8. The molecule has 3 heterocycles. The Morgan fingerprint density at radius 2 is 1.50 bits per heavy atom. The van der Waals surface area contributed by atoms with Crippen molar-refractivity contribution in [3.8, 4) is 17.2 Å². The zero-order valence-electron chi connectivity index (χ0n) is 24.8. The quantitative estimate of drug-likeness (QED) is 0.245. The van der Waals surface area contributed by atoms with Crippen LogP contribution in [0.2, 0.25) is 0 Å². The van der Waals surface area contributed by atoms with Gasteiger partial charge < -0.3 is 24.0 Å². The van der Waals surface area contributed by atoms with Gasteiger partial charge in [0.2, 0.25) is 5.91 Å². The number of hydrogen-bond acceptors (Lipinski definition) is 7. The van der Waals surface area contributed by atoms with Crippen LogP contribution in [0.4, 0.5) is 11.4 Å². The van der Waals surface area contributed by atoms with Crippen LogP contribution in [0.25, 0.3) is 5.69 Å². The third-order valence-electron chi connectivity index (χ3n) is 7.86. The summed E-state index contributed by atoms with van der Waals surface area (Å²) in [4.78, 5) is 43.4. The van der Waals surface area contributed by atoms with E-state index in [-0.39, 0.29) is 24.1 Å². The standard InChI is InChI=1S/C34H34N4O6/c1-23(22-43-28-8-4-3-5-9-28)44-34(41)31-29-19-21-37(25-13-11-24(12-14-25)36-20-7-6-10-30(36)39)33(40)32(29)38(35-31)26-15-17-27(42-2)18-16-26/h3-5,8-9,11-18,23H,6-7,10,19-22H2,1-2H3. The van der Waals surface area contributed by atoms with Crippen LogP contribution in [-0.2, 0) is 16.0 Å². The fourth-order valence-electron chi connectivity index (χ4n) is 5.57. The highest BCUT2D eigenvalue weighted by molar-refractivity contribution is 6.09. The molecule has 0 spiro atoms. The third-order valence-corrected chi connectivity index (χ3v) is 7.86. The van der Waals surface area contributed by atoms with E-state index in [0.717, 1.165) is 18.5 Å². The Morgan fingerprint density at radius 3 is 2.18 bits per heavy atom. The Hall–Kier alpha value is -5.12. The SMILES string of the molecule is COc1ccc(-n2nc(C(=O)OC(C)COc3ccccc3)c3c2C(=O)N(c2ccc(N4CCCCC4=O)cc2)CC3)cc1. The molecule has 4 aromatic rings. The lowest BCUT2D eigenvalue weighted by molar-refractivity contribution is -0.119. The lowest BCUT2D eigenvalue weighted by Crippen LogP contribution is -2.39. The first-order chi connectivity index (χ1) is 21.4. The summed E-state index contributed by atoms with van der Waals surface area (Å²) in [7, 11) is 1.58. The van der Waals surface area contributed by atoms with Crippen LogP contribution in [0.1, 0.15) is 52.7 Å². The van der Waals surface area contributed by atoms with Gasteiger partial charge >= 0.3 is 5.97 Å². The summed E-state index contributed by atoms with van der Waals surface area (Å²) in [6.45, 7) is 2.97. The van der Waals surface area contributed by atoms with Crippen molar-refractivity contribution in [3.05, 3.63) is 95.8 Å². The van der Waals surface area contributed by atoms with Crippen LogP contribution in [0, 0.1) is 0 Å². The summed E-state index contributed by atoms with van der Waals surface area (Å²) in [5, 5.41) is 4.62. The zero-order valence-corrected chi connectivity index (χ0v) is 24.8. The lowest BCUT2D eigenvalue weighted by Gasteiger charge is -2.29.